The number of nitrogens with zero attached hydrogens (tertiary/aromatic N) is 1. The summed E-state index contributed by atoms with van der Waals surface area (Å²) in [7, 11) is 0. The maximum Gasteiger partial charge on any atom is 0.245 e. The first-order valence-corrected chi connectivity index (χ1v) is 6.68. The molecular formula is C14H27F2NO. The van der Waals surface area contributed by atoms with Crippen LogP contribution in [0.15, 0.2) is 0 Å². The van der Waals surface area contributed by atoms with Crippen molar-refractivity contribution in [3.8, 4) is 0 Å². The SMILES string of the molecule is CC(C)(C)C1C(C(F)F)COCCN1C(C)(C)C. The molecule has 1 heterocycles. The number of hydrogen-bond donors (Lipinski definition) is 0. The highest BCUT2D eigenvalue weighted by Gasteiger charge is 2.45. The lowest BCUT2D eigenvalue weighted by Crippen LogP contribution is -2.57. The van der Waals surface area contributed by atoms with Crippen LogP contribution in [0.2, 0.25) is 0 Å². The second kappa shape index (κ2) is 5.41. The summed E-state index contributed by atoms with van der Waals surface area (Å²) < 4.78 is 32.1. The van der Waals surface area contributed by atoms with Crippen LogP contribution in [-0.2, 0) is 4.74 Å². The summed E-state index contributed by atoms with van der Waals surface area (Å²) >= 11 is 0. The molecule has 0 radical (unpaired) electrons. The van der Waals surface area contributed by atoms with Crippen LogP contribution in [-0.4, -0.2) is 42.7 Å². The Morgan fingerprint density at radius 1 is 1.11 bits per heavy atom. The van der Waals surface area contributed by atoms with E-state index >= 15 is 0 Å². The molecule has 18 heavy (non-hydrogen) atoms. The first-order chi connectivity index (χ1) is 8.05. The van der Waals surface area contributed by atoms with Gasteiger partial charge in [-0.1, -0.05) is 20.8 Å². The second-order valence-corrected chi connectivity index (χ2v) is 7.25. The quantitative estimate of drug-likeness (QED) is 0.719. The monoisotopic (exact) mass is 263 g/mol. The van der Waals surface area contributed by atoms with Crippen LogP contribution in [0, 0.1) is 11.3 Å². The third-order valence-electron chi connectivity index (χ3n) is 3.60. The lowest BCUT2D eigenvalue weighted by atomic mass is 9.76. The highest BCUT2D eigenvalue weighted by Crippen LogP contribution is 2.38. The summed E-state index contributed by atoms with van der Waals surface area (Å²) in [4.78, 5) is 2.19. The Balaban J connectivity index is 3.13. The van der Waals surface area contributed by atoms with Crippen LogP contribution < -0.4 is 0 Å². The molecule has 108 valence electrons. The van der Waals surface area contributed by atoms with E-state index in [0.29, 0.717) is 13.2 Å². The van der Waals surface area contributed by atoms with Gasteiger partial charge in [-0.15, -0.1) is 0 Å². The standard InChI is InChI=1S/C14H27F2NO/c1-13(2,3)11-10(12(15)16)9-18-8-7-17(11)14(4,5)6/h10-12H,7-9H2,1-6H3. The first-order valence-electron chi connectivity index (χ1n) is 6.68. The van der Waals surface area contributed by atoms with Crippen LogP contribution >= 0.6 is 0 Å². The molecule has 0 aromatic heterocycles. The summed E-state index contributed by atoms with van der Waals surface area (Å²) in [5, 5.41) is 0. The average Bonchev–Trinajstić information content (AvgIpc) is 2.36. The molecule has 1 aliphatic heterocycles. The average molecular weight is 263 g/mol. The minimum Gasteiger partial charge on any atom is -0.380 e. The Morgan fingerprint density at radius 3 is 2.06 bits per heavy atom. The molecule has 2 nitrogen and oxygen atoms in total. The zero-order valence-electron chi connectivity index (χ0n) is 12.5. The van der Waals surface area contributed by atoms with Gasteiger partial charge in [0, 0.05) is 18.1 Å². The van der Waals surface area contributed by atoms with Crippen molar-refractivity contribution >= 4 is 0 Å². The van der Waals surface area contributed by atoms with Gasteiger partial charge in [-0.25, -0.2) is 8.78 Å². The largest absolute Gasteiger partial charge is 0.380 e. The smallest absolute Gasteiger partial charge is 0.245 e. The first kappa shape index (κ1) is 15.8. The van der Waals surface area contributed by atoms with Crippen LogP contribution in [0.1, 0.15) is 41.5 Å². The topological polar surface area (TPSA) is 12.5 Å². The molecule has 0 amide bonds. The maximum atomic E-state index is 13.3. The molecule has 2 atom stereocenters. The third-order valence-corrected chi connectivity index (χ3v) is 3.60. The fourth-order valence-corrected chi connectivity index (χ4v) is 2.92. The third kappa shape index (κ3) is 3.64. The number of halogens is 2. The summed E-state index contributed by atoms with van der Waals surface area (Å²) in [5.41, 5.74) is -0.319. The van der Waals surface area contributed by atoms with Gasteiger partial charge in [0.15, 0.2) is 0 Å². The van der Waals surface area contributed by atoms with E-state index in [1.807, 2.05) is 20.8 Å². The summed E-state index contributed by atoms with van der Waals surface area (Å²) in [6, 6.07) is -0.167. The second-order valence-electron chi connectivity index (χ2n) is 7.25. The molecule has 0 spiro atoms. The normalized spacial score (nSPS) is 28.5. The van der Waals surface area contributed by atoms with E-state index in [0.717, 1.165) is 0 Å². The van der Waals surface area contributed by atoms with Crippen molar-refractivity contribution in [1.29, 1.82) is 0 Å². The van der Waals surface area contributed by atoms with E-state index in [1.165, 1.54) is 0 Å². The lowest BCUT2D eigenvalue weighted by molar-refractivity contribution is -0.0584. The fourth-order valence-electron chi connectivity index (χ4n) is 2.92. The van der Waals surface area contributed by atoms with Gasteiger partial charge < -0.3 is 4.74 Å². The molecule has 4 heteroatoms. The summed E-state index contributed by atoms with van der Waals surface area (Å²) in [6.45, 7) is 13.8. The van der Waals surface area contributed by atoms with E-state index in [2.05, 4.69) is 25.7 Å². The molecular weight excluding hydrogens is 236 g/mol. The van der Waals surface area contributed by atoms with Crippen LogP contribution in [0.3, 0.4) is 0 Å². The van der Waals surface area contributed by atoms with E-state index in [4.69, 9.17) is 4.74 Å². The predicted octanol–water partition coefficient (Wildman–Crippen LogP) is 3.41. The fraction of sp³-hybridized carbons (Fsp3) is 1.00. The van der Waals surface area contributed by atoms with Gasteiger partial charge in [-0.05, 0) is 26.2 Å². The molecule has 0 N–H and O–H groups in total. The van der Waals surface area contributed by atoms with E-state index < -0.39 is 12.3 Å². The number of hydrogen-bond acceptors (Lipinski definition) is 2. The molecule has 0 aliphatic carbocycles. The molecule has 1 rings (SSSR count). The lowest BCUT2D eigenvalue weighted by Gasteiger charge is -2.48. The Morgan fingerprint density at radius 2 is 1.67 bits per heavy atom. The van der Waals surface area contributed by atoms with Crippen LogP contribution in [0.5, 0.6) is 0 Å². The van der Waals surface area contributed by atoms with Crippen molar-refractivity contribution in [2.45, 2.75) is 59.5 Å². The van der Waals surface area contributed by atoms with Crippen molar-refractivity contribution in [1.82, 2.24) is 4.90 Å². The van der Waals surface area contributed by atoms with Gasteiger partial charge in [-0.3, -0.25) is 4.90 Å². The van der Waals surface area contributed by atoms with Crippen LogP contribution in [0.4, 0.5) is 8.78 Å². The number of alkyl halides is 2. The summed E-state index contributed by atoms with van der Waals surface area (Å²) in [6.07, 6.45) is -2.34. The Kier molecular flexibility index (Phi) is 4.76. The van der Waals surface area contributed by atoms with Gasteiger partial charge in [0.05, 0.1) is 19.1 Å². The van der Waals surface area contributed by atoms with Gasteiger partial charge in [0.2, 0.25) is 6.43 Å². The highest BCUT2D eigenvalue weighted by molar-refractivity contribution is 4.95. The van der Waals surface area contributed by atoms with Gasteiger partial charge in [0.1, 0.15) is 0 Å². The maximum absolute atomic E-state index is 13.3. The molecule has 0 aromatic carbocycles. The van der Waals surface area contributed by atoms with Crippen molar-refractivity contribution in [2.24, 2.45) is 11.3 Å². The zero-order chi connectivity index (χ0) is 14.1. The Hall–Kier alpha value is -0.220. The Bertz CT molecular complexity index is 268. The minimum atomic E-state index is -2.34. The van der Waals surface area contributed by atoms with Crippen molar-refractivity contribution in [2.75, 3.05) is 19.8 Å². The molecule has 0 aromatic rings. The molecule has 0 bridgehead atoms. The van der Waals surface area contributed by atoms with E-state index in [-0.39, 0.29) is 23.6 Å². The van der Waals surface area contributed by atoms with Crippen molar-refractivity contribution in [3.63, 3.8) is 0 Å². The zero-order valence-corrected chi connectivity index (χ0v) is 12.5. The molecule has 1 fully saturated rings. The van der Waals surface area contributed by atoms with Crippen molar-refractivity contribution < 1.29 is 13.5 Å². The van der Waals surface area contributed by atoms with Crippen LogP contribution in [0.25, 0.3) is 0 Å². The van der Waals surface area contributed by atoms with Gasteiger partial charge in [-0.2, -0.15) is 0 Å². The Labute approximate surface area is 110 Å². The number of rotatable bonds is 1. The molecule has 0 saturated carbocycles. The van der Waals surface area contributed by atoms with Gasteiger partial charge in [0.25, 0.3) is 0 Å². The molecule has 1 saturated heterocycles. The van der Waals surface area contributed by atoms with Gasteiger partial charge >= 0.3 is 0 Å². The summed E-state index contributed by atoms with van der Waals surface area (Å²) in [5.74, 6) is -0.716. The van der Waals surface area contributed by atoms with E-state index in [9.17, 15) is 8.78 Å². The predicted molar refractivity (Wildman–Crippen MR) is 70.0 cm³/mol. The molecule has 1 aliphatic rings. The molecule has 2 unspecified atom stereocenters. The minimum absolute atomic E-state index is 0.126. The van der Waals surface area contributed by atoms with Crippen molar-refractivity contribution in [3.05, 3.63) is 0 Å². The highest BCUT2D eigenvalue weighted by atomic mass is 19.3. The van der Waals surface area contributed by atoms with E-state index in [1.54, 1.807) is 0 Å². The number of ether oxygens (including phenoxy) is 1.